The van der Waals surface area contributed by atoms with Gasteiger partial charge in [-0.1, -0.05) is 6.42 Å². The highest BCUT2D eigenvalue weighted by molar-refractivity contribution is 5.69. The molecule has 1 atom stereocenters. The quantitative estimate of drug-likeness (QED) is 0.560. The third kappa shape index (κ3) is 5.63. The van der Waals surface area contributed by atoms with Crippen molar-refractivity contribution in [1.29, 1.82) is 0 Å². The second-order valence-corrected chi connectivity index (χ2v) is 4.77. The Bertz CT molecular complexity index is 448. The fourth-order valence-electron chi connectivity index (χ4n) is 2.15. The number of hydrogen-bond acceptors (Lipinski definition) is 5. The first-order valence-electron chi connectivity index (χ1n) is 7.25. The molecule has 5 nitrogen and oxygen atoms in total. The van der Waals surface area contributed by atoms with E-state index in [-0.39, 0.29) is 12.0 Å². The van der Waals surface area contributed by atoms with Crippen LogP contribution >= 0.6 is 0 Å². The first kappa shape index (κ1) is 17.3. The van der Waals surface area contributed by atoms with Crippen molar-refractivity contribution in [3.05, 3.63) is 23.8 Å². The van der Waals surface area contributed by atoms with E-state index >= 15 is 0 Å². The first-order chi connectivity index (χ1) is 10.1. The molecular weight excluding hydrogens is 270 g/mol. The first-order valence-corrected chi connectivity index (χ1v) is 7.25. The normalized spacial score (nSPS) is 11.8. The van der Waals surface area contributed by atoms with Gasteiger partial charge in [-0.15, -0.1) is 0 Å². The minimum absolute atomic E-state index is 0.141. The summed E-state index contributed by atoms with van der Waals surface area (Å²) >= 11 is 0. The van der Waals surface area contributed by atoms with Gasteiger partial charge in [0.05, 0.1) is 20.8 Å². The average molecular weight is 295 g/mol. The maximum atomic E-state index is 11.3. The second-order valence-electron chi connectivity index (χ2n) is 4.77. The molecule has 5 heteroatoms. The van der Waals surface area contributed by atoms with Crippen molar-refractivity contribution in [2.45, 2.75) is 38.6 Å². The molecule has 0 saturated heterocycles. The van der Waals surface area contributed by atoms with Crippen LogP contribution in [-0.4, -0.2) is 26.8 Å². The number of carbonyl (C=O) groups is 1. The van der Waals surface area contributed by atoms with Crippen LogP contribution in [0.4, 0.5) is 0 Å². The molecule has 0 amide bonds. The lowest BCUT2D eigenvalue weighted by molar-refractivity contribution is -0.143. The highest BCUT2D eigenvalue weighted by Gasteiger charge is 2.13. The smallest absolute Gasteiger partial charge is 0.305 e. The fourth-order valence-corrected chi connectivity index (χ4v) is 2.15. The Labute approximate surface area is 126 Å². The number of nitrogens with two attached hydrogens (primary N) is 1. The fraction of sp³-hybridized carbons (Fsp3) is 0.562. The lowest BCUT2D eigenvalue weighted by Crippen LogP contribution is -2.12. The van der Waals surface area contributed by atoms with Crippen LogP contribution in [0.15, 0.2) is 18.2 Å². The van der Waals surface area contributed by atoms with Gasteiger partial charge in [0.25, 0.3) is 0 Å². The second kappa shape index (κ2) is 9.23. The van der Waals surface area contributed by atoms with Crippen LogP contribution in [0.25, 0.3) is 0 Å². The molecular formula is C16H25NO4. The molecule has 2 N–H and O–H groups in total. The molecule has 0 aliphatic heterocycles. The summed E-state index contributed by atoms with van der Waals surface area (Å²) in [6.45, 7) is 2.24. The Morgan fingerprint density at radius 1 is 1.24 bits per heavy atom. The van der Waals surface area contributed by atoms with Gasteiger partial charge in [0.2, 0.25) is 0 Å². The Morgan fingerprint density at radius 2 is 2.00 bits per heavy atom. The minimum Gasteiger partial charge on any atom is -0.497 e. The van der Waals surface area contributed by atoms with Crippen molar-refractivity contribution in [3.8, 4) is 11.5 Å². The zero-order valence-corrected chi connectivity index (χ0v) is 13.1. The molecule has 0 aliphatic rings. The van der Waals surface area contributed by atoms with E-state index in [1.807, 2.05) is 25.1 Å². The molecule has 0 radical (unpaired) electrons. The molecule has 0 spiro atoms. The van der Waals surface area contributed by atoms with E-state index < -0.39 is 0 Å². The van der Waals surface area contributed by atoms with Crippen LogP contribution in [0.1, 0.15) is 44.2 Å². The summed E-state index contributed by atoms with van der Waals surface area (Å²) in [6.07, 6.45) is 2.86. The maximum Gasteiger partial charge on any atom is 0.305 e. The average Bonchev–Trinajstić information content (AvgIpc) is 2.50. The highest BCUT2D eigenvalue weighted by Crippen LogP contribution is 2.30. The van der Waals surface area contributed by atoms with Gasteiger partial charge in [-0.05, 0) is 38.0 Å². The van der Waals surface area contributed by atoms with E-state index in [1.165, 1.54) is 0 Å². The Kier molecular flexibility index (Phi) is 7.61. The summed E-state index contributed by atoms with van der Waals surface area (Å²) in [4.78, 5) is 11.3. The standard InChI is InChI=1S/C16H25NO4/c1-4-21-16(18)8-6-5-7-14(17)13-11-12(19-2)9-10-15(13)20-3/h9-11,14H,4-8,17H2,1-3H3. The monoisotopic (exact) mass is 295 g/mol. The summed E-state index contributed by atoms with van der Waals surface area (Å²) in [7, 11) is 3.25. The van der Waals surface area contributed by atoms with Crippen LogP contribution in [0, 0.1) is 0 Å². The highest BCUT2D eigenvalue weighted by atomic mass is 16.5. The molecule has 1 aromatic rings. The summed E-state index contributed by atoms with van der Waals surface area (Å²) in [5.41, 5.74) is 7.14. The number of carbonyl (C=O) groups excluding carboxylic acids is 1. The number of ether oxygens (including phenoxy) is 3. The molecule has 21 heavy (non-hydrogen) atoms. The summed E-state index contributed by atoms with van der Waals surface area (Å²) < 4.78 is 15.4. The van der Waals surface area contributed by atoms with E-state index in [4.69, 9.17) is 19.9 Å². The molecule has 0 fully saturated rings. The molecule has 0 heterocycles. The van der Waals surface area contributed by atoms with Crippen molar-refractivity contribution < 1.29 is 19.0 Å². The van der Waals surface area contributed by atoms with Gasteiger partial charge in [0.15, 0.2) is 0 Å². The summed E-state index contributed by atoms with van der Waals surface area (Å²) in [5, 5.41) is 0. The molecule has 0 bridgehead atoms. The lowest BCUT2D eigenvalue weighted by Gasteiger charge is -2.16. The predicted molar refractivity (Wildman–Crippen MR) is 81.6 cm³/mol. The third-order valence-electron chi connectivity index (χ3n) is 3.29. The predicted octanol–water partition coefficient (Wildman–Crippen LogP) is 2.83. The minimum atomic E-state index is -0.148. The Hall–Kier alpha value is -1.75. The number of rotatable bonds is 9. The van der Waals surface area contributed by atoms with Crippen LogP contribution in [-0.2, 0) is 9.53 Å². The van der Waals surface area contributed by atoms with Gasteiger partial charge in [-0.25, -0.2) is 0 Å². The summed E-state index contributed by atoms with van der Waals surface area (Å²) in [5.74, 6) is 1.37. The van der Waals surface area contributed by atoms with Crippen molar-refractivity contribution in [3.63, 3.8) is 0 Å². The molecule has 0 aliphatic carbocycles. The summed E-state index contributed by atoms with van der Waals surface area (Å²) in [6, 6.07) is 5.45. The van der Waals surface area contributed by atoms with E-state index in [0.29, 0.717) is 13.0 Å². The van der Waals surface area contributed by atoms with Crippen molar-refractivity contribution in [2.75, 3.05) is 20.8 Å². The van der Waals surface area contributed by atoms with Gasteiger partial charge in [-0.3, -0.25) is 4.79 Å². The van der Waals surface area contributed by atoms with Crippen molar-refractivity contribution in [1.82, 2.24) is 0 Å². The Balaban J connectivity index is 2.51. The number of esters is 1. The molecule has 0 saturated carbocycles. The van der Waals surface area contributed by atoms with Crippen LogP contribution in [0.5, 0.6) is 11.5 Å². The molecule has 1 rings (SSSR count). The van der Waals surface area contributed by atoms with Crippen LogP contribution < -0.4 is 15.2 Å². The number of methoxy groups -OCH3 is 2. The molecule has 0 aromatic heterocycles. The zero-order valence-electron chi connectivity index (χ0n) is 13.1. The van der Waals surface area contributed by atoms with Gasteiger partial charge in [0.1, 0.15) is 11.5 Å². The van der Waals surface area contributed by atoms with Crippen LogP contribution in [0.2, 0.25) is 0 Å². The van der Waals surface area contributed by atoms with Crippen molar-refractivity contribution >= 4 is 5.97 Å². The van der Waals surface area contributed by atoms with Gasteiger partial charge in [-0.2, -0.15) is 0 Å². The van der Waals surface area contributed by atoms with Gasteiger partial charge < -0.3 is 19.9 Å². The third-order valence-corrected chi connectivity index (χ3v) is 3.29. The van der Waals surface area contributed by atoms with E-state index in [1.54, 1.807) is 14.2 Å². The van der Waals surface area contributed by atoms with E-state index in [0.717, 1.165) is 36.3 Å². The number of unbranched alkanes of at least 4 members (excludes halogenated alkanes) is 1. The number of hydrogen-bond donors (Lipinski definition) is 1. The maximum absolute atomic E-state index is 11.3. The molecule has 118 valence electrons. The zero-order chi connectivity index (χ0) is 15.7. The molecule has 1 aromatic carbocycles. The van der Waals surface area contributed by atoms with Gasteiger partial charge in [0, 0.05) is 18.0 Å². The Morgan fingerprint density at radius 3 is 2.62 bits per heavy atom. The number of benzene rings is 1. The van der Waals surface area contributed by atoms with Crippen LogP contribution in [0.3, 0.4) is 0 Å². The topological polar surface area (TPSA) is 70.8 Å². The van der Waals surface area contributed by atoms with E-state index in [9.17, 15) is 4.79 Å². The largest absolute Gasteiger partial charge is 0.497 e. The lowest BCUT2D eigenvalue weighted by atomic mass is 10.00. The van der Waals surface area contributed by atoms with E-state index in [2.05, 4.69) is 0 Å². The van der Waals surface area contributed by atoms with Crippen molar-refractivity contribution in [2.24, 2.45) is 5.73 Å². The SMILES string of the molecule is CCOC(=O)CCCCC(N)c1cc(OC)ccc1OC. The molecule has 1 unspecified atom stereocenters. The van der Waals surface area contributed by atoms with Gasteiger partial charge >= 0.3 is 5.97 Å².